The maximum atomic E-state index is 12.8. The van der Waals surface area contributed by atoms with Crippen LogP contribution in [0.25, 0.3) is 0 Å². The van der Waals surface area contributed by atoms with Gasteiger partial charge in [0.1, 0.15) is 4.90 Å². The van der Waals surface area contributed by atoms with Gasteiger partial charge in [-0.15, -0.1) is 0 Å². The molecule has 0 aliphatic carbocycles. The molecule has 0 amide bonds. The Labute approximate surface area is 114 Å². The van der Waals surface area contributed by atoms with Gasteiger partial charge in [-0.1, -0.05) is 12.1 Å². The lowest BCUT2D eigenvalue weighted by Gasteiger charge is -2.33. The van der Waals surface area contributed by atoms with Crippen molar-refractivity contribution in [1.29, 1.82) is 0 Å². The van der Waals surface area contributed by atoms with Crippen LogP contribution in [0.5, 0.6) is 0 Å². The summed E-state index contributed by atoms with van der Waals surface area (Å²) in [5.74, 6) is 0. The lowest BCUT2D eigenvalue weighted by atomic mass is 10.1. The van der Waals surface area contributed by atoms with Crippen molar-refractivity contribution in [2.45, 2.75) is 31.7 Å². The number of nitrogens with zero attached hydrogens (tertiary/aromatic N) is 1. The van der Waals surface area contributed by atoms with Gasteiger partial charge < -0.3 is 10.5 Å². The number of anilines is 1. The molecule has 1 heterocycles. The second-order valence-electron chi connectivity index (χ2n) is 4.98. The average molecular weight is 284 g/mol. The summed E-state index contributed by atoms with van der Waals surface area (Å²) in [5.41, 5.74) is 7.80. The third-order valence-corrected chi connectivity index (χ3v) is 5.70. The van der Waals surface area contributed by atoms with Gasteiger partial charge in [-0.25, -0.2) is 8.42 Å². The van der Waals surface area contributed by atoms with Crippen molar-refractivity contribution >= 4 is 15.7 Å². The van der Waals surface area contributed by atoms with E-state index < -0.39 is 10.0 Å². The highest BCUT2D eigenvalue weighted by atomic mass is 32.2. The summed E-state index contributed by atoms with van der Waals surface area (Å²) in [5, 5.41) is 0. The fourth-order valence-corrected chi connectivity index (χ4v) is 4.33. The van der Waals surface area contributed by atoms with Crippen molar-refractivity contribution in [1.82, 2.24) is 4.31 Å². The molecule has 1 atom stereocenters. The van der Waals surface area contributed by atoms with Crippen molar-refractivity contribution < 1.29 is 13.2 Å². The van der Waals surface area contributed by atoms with Gasteiger partial charge in [-0.3, -0.25) is 0 Å². The molecule has 2 N–H and O–H groups in total. The number of rotatable bonds is 2. The third-order valence-electron chi connectivity index (χ3n) is 3.48. The quantitative estimate of drug-likeness (QED) is 0.831. The van der Waals surface area contributed by atoms with Crippen molar-refractivity contribution in [3.05, 3.63) is 23.3 Å². The predicted molar refractivity (Wildman–Crippen MR) is 74.5 cm³/mol. The van der Waals surface area contributed by atoms with E-state index in [-0.39, 0.29) is 10.9 Å². The Bertz CT molecular complexity index is 584. The highest BCUT2D eigenvalue weighted by Gasteiger charge is 2.34. The molecular weight excluding hydrogens is 264 g/mol. The number of benzene rings is 1. The lowest BCUT2D eigenvalue weighted by Crippen LogP contribution is -2.47. The largest absolute Gasteiger partial charge is 0.397 e. The summed E-state index contributed by atoms with van der Waals surface area (Å²) in [6, 6.07) is 3.47. The predicted octanol–water partition coefficient (Wildman–Crippen LogP) is 1.30. The summed E-state index contributed by atoms with van der Waals surface area (Å²) < 4.78 is 32.3. The molecule has 0 saturated carbocycles. The Balaban J connectivity index is 2.53. The van der Waals surface area contributed by atoms with E-state index in [9.17, 15) is 8.42 Å². The standard InChI is InChI=1S/C13H20N2O3S/c1-9-4-5-10(2)13(12(9)14)19(16,17)15-6-7-18-8-11(15)3/h4-5,11H,6-8,14H2,1-3H3/t11-/m1/s1. The number of hydrogen-bond donors (Lipinski definition) is 1. The molecule has 6 heteroatoms. The van der Waals surface area contributed by atoms with E-state index in [1.54, 1.807) is 13.0 Å². The van der Waals surface area contributed by atoms with E-state index in [4.69, 9.17) is 10.5 Å². The molecular formula is C13H20N2O3S. The van der Waals surface area contributed by atoms with Crippen LogP contribution in [0.15, 0.2) is 17.0 Å². The minimum absolute atomic E-state index is 0.168. The minimum atomic E-state index is -3.57. The molecule has 2 rings (SSSR count). The fraction of sp³-hybridized carbons (Fsp3) is 0.538. The molecule has 0 bridgehead atoms. The molecule has 106 valence electrons. The van der Waals surface area contributed by atoms with Gasteiger partial charge in [0.25, 0.3) is 0 Å². The van der Waals surface area contributed by atoms with Gasteiger partial charge in [-0.05, 0) is 31.9 Å². The van der Waals surface area contributed by atoms with Gasteiger partial charge in [-0.2, -0.15) is 4.31 Å². The van der Waals surface area contributed by atoms with Crippen molar-refractivity contribution in [2.24, 2.45) is 0 Å². The molecule has 1 aliphatic heterocycles. The topological polar surface area (TPSA) is 72.6 Å². The van der Waals surface area contributed by atoms with Crippen LogP contribution in [0.4, 0.5) is 5.69 Å². The lowest BCUT2D eigenvalue weighted by molar-refractivity contribution is 0.0393. The minimum Gasteiger partial charge on any atom is -0.397 e. The molecule has 1 fully saturated rings. The van der Waals surface area contributed by atoms with Crippen LogP contribution in [0.1, 0.15) is 18.1 Å². The molecule has 1 aromatic carbocycles. The van der Waals surface area contributed by atoms with Crippen LogP contribution < -0.4 is 5.73 Å². The second-order valence-corrected chi connectivity index (χ2v) is 6.81. The monoisotopic (exact) mass is 284 g/mol. The fourth-order valence-electron chi connectivity index (χ4n) is 2.34. The van der Waals surface area contributed by atoms with E-state index in [0.717, 1.165) is 5.56 Å². The summed E-state index contributed by atoms with van der Waals surface area (Å²) in [4.78, 5) is 0.237. The third kappa shape index (κ3) is 2.48. The molecule has 1 saturated heterocycles. The Hall–Kier alpha value is -1.11. The Morgan fingerprint density at radius 2 is 1.95 bits per heavy atom. The van der Waals surface area contributed by atoms with Crippen LogP contribution in [0, 0.1) is 13.8 Å². The normalized spacial score (nSPS) is 21.5. The van der Waals surface area contributed by atoms with Crippen molar-refractivity contribution in [3.8, 4) is 0 Å². The summed E-state index contributed by atoms with van der Waals surface area (Å²) in [6.07, 6.45) is 0. The highest BCUT2D eigenvalue weighted by molar-refractivity contribution is 7.89. The average Bonchev–Trinajstić information content (AvgIpc) is 2.34. The zero-order valence-electron chi connectivity index (χ0n) is 11.5. The van der Waals surface area contributed by atoms with Crippen LogP contribution in [-0.4, -0.2) is 38.5 Å². The molecule has 0 aromatic heterocycles. The van der Waals surface area contributed by atoms with Crippen LogP contribution in [0.2, 0.25) is 0 Å². The number of aryl methyl sites for hydroxylation is 2. The van der Waals surface area contributed by atoms with Gasteiger partial charge >= 0.3 is 0 Å². The Kier molecular flexibility index (Phi) is 3.85. The summed E-state index contributed by atoms with van der Waals surface area (Å²) >= 11 is 0. The number of sulfonamides is 1. The maximum absolute atomic E-state index is 12.8. The Morgan fingerprint density at radius 1 is 1.32 bits per heavy atom. The van der Waals surface area contributed by atoms with Crippen LogP contribution >= 0.6 is 0 Å². The first-order chi connectivity index (χ1) is 8.85. The maximum Gasteiger partial charge on any atom is 0.245 e. The molecule has 1 aliphatic rings. The first kappa shape index (κ1) is 14.3. The number of morpholine rings is 1. The Morgan fingerprint density at radius 3 is 2.58 bits per heavy atom. The second kappa shape index (κ2) is 5.11. The van der Waals surface area contributed by atoms with E-state index in [0.29, 0.717) is 31.0 Å². The zero-order chi connectivity index (χ0) is 14.2. The molecule has 0 radical (unpaired) electrons. The van der Waals surface area contributed by atoms with Crippen LogP contribution in [0.3, 0.4) is 0 Å². The number of nitrogen functional groups attached to an aromatic ring is 1. The number of ether oxygens (including phenoxy) is 1. The molecule has 0 unspecified atom stereocenters. The smallest absolute Gasteiger partial charge is 0.245 e. The van der Waals surface area contributed by atoms with Crippen molar-refractivity contribution in [2.75, 3.05) is 25.5 Å². The van der Waals surface area contributed by atoms with E-state index >= 15 is 0 Å². The SMILES string of the molecule is Cc1ccc(C)c(S(=O)(=O)N2CCOC[C@H]2C)c1N. The van der Waals surface area contributed by atoms with Gasteiger partial charge in [0.2, 0.25) is 10.0 Å². The molecule has 0 spiro atoms. The number of hydrogen-bond acceptors (Lipinski definition) is 4. The zero-order valence-corrected chi connectivity index (χ0v) is 12.3. The van der Waals surface area contributed by atoms with E-state index in [1.165, 1.54) is 4.31 Å². The molecule has 19 heavy (non-hydrogen) atoms. The molecule has 1 aromatic rings. The van der Waals surface area contributed by atoms with Gasteiger partial charge in [0, 0.05) is 12.6 Å². The van der Waals surface area contributed by atoms with Gasteiger partial charge in [0.05, 0.1) is 18.9 Å². The highest BCUT2D eigenvalue weighted by Crippen LogP contribution is 2.30. The summed E-state index contributed by atoms with van der Waals surface area (Å²) in [6.45, 7) is 6.65. The number of nitrogens with two attached hydrogens (primary N) is 1. The van der Waals surface area contributed by atoms with E-state index in [1.807, 2.05) is 19.9 Å². The first-order valence-corrected chi connectivity index (χ1v) is 7.75. The van der Waals surface area contributed by atoms with Crippen molar-refractivity contribution in [3.63, 3.8) is 0 Å². The van der Waals surface area contributed by atoms with Crippen LogP contribution in [-0.2, 0) is 14.8 Å². The molecule has 5 nitrogen and oxygen atoms in total. The van der Waals surface area contributed by atoms with E-state index in [2.05, 4.69) is 0 Å². The van der Waals surface area contributed by atoms with Gasteiger partial charge in [0.15, 0.2) is 0 Å². The first-order valence-electron chi connectivity index (χ1n) is 6.31. The summed E-state index contributed by atoms with van der Waals surface area (Å²) in [7, 11) is -3.57.